The summed E-state index contributed by atoms with van der Waals surface area (Å²) in [5.41, 5.74) is 10.3. The minimum atomic E-state index is 0.185. The maximum Gasteiger partial charge on any atom is 0.00908 e. The zero-order chi connectivity index (χ0) is 14.6. The molecule has 2 rings (SSSR count). The third-order valence-corrected chi connectivity index (χ3v) is 3.92. The van der Waals surface area contributed by atoms with Crippen molar-refractivity contribution in [2.24, 2.45) is 11.1 Å². The predicted octanol–water partition coefficient (Wildman–Crippen LogP) is 4.66. The van der Waals surface area contributed by atoms with Crippen LogP contribution < -0.4 is 5.73 Å². The van der Waals surface area contributed by atoms with E-state index in [0.717, 1.165) is 12.8 Å². The highest BCUT2D eigenvalue weighted by molar-refractivity contribution is 5.63. The molecule has 0 spiro atoms. The van der Waals surface area contributed by atoms with Crippen LogP contribution in [0.2, 0.25) is 0 Å². The standard InChI is InChI=1S/C19H25N/c1-19(2,3)18(20)14-11-15-9-12-17(13-10-15)16-7-5-4-6-8-16/h4-10,12-13,18H,11,14,20H2,1-3H3. The van der Waals surface area contributed by atoms with Gasteiger partial charge in [0.1, 0.15) is 0 Å². The summed E-state index contributed by atoms with van der Waals surface area (Å²) < 4.78 is 0. The van der Waals surface area contributed by atoms with Crippen molar-refractivity contribution >= 4 is 0 Å². The second-order valence-corrected chi connectivity index (χ2v) is 6.57. The first-order chi connectivity index (χ1) is 9.47. The average molecular weight is 267 g/mol. The van der Waals surface area contributed by atoms with E-state index in [1.54, 1.807) is 0 Å². The van der Waals surface area contributed by atoms with Gasteiger partial charge >= 0.3 is 0 Å². The Morgan fingerprint density at radius 1 is 0.850 bits per heavy atom. The van der Waals surface area contributed by atoms with Gasteiger partial charge in [-0.2, -0.15) is 0 Å². The number of nitrogens with two attached hydrogens (primary N) is 1. The van der Waals surface area contributed by atoms with Crippen molar-refractivity contribution < 1.29 is 0 Å². The zero-order valence-corrected chi connectivity index (χ0v) is 12.8. The SMILES string of the molecule is CC(C)(C)C(N)CCc1ccc(-c2ccccc2)cc1. The normalized spacial score (nSPS) is 13.2. The third kappa shape index (κ3) is 3.94. The Balaban J connectivity index is 1.99. The van der Waals surface area contributed by atoms with Crippen LogP contribution in [0.1, 0.15) is 32.8 Å². The first-order valence-corrected chi connectivity index (χ1v) is 7.37. The van der Waals surface area contributed by atoms with Gasteiger partial charge in [-0.1, -0.05) is 75.4 Å². The Kier molecular flexibility index (Phi) is 4.61. The van der Waals surface area contributed by atoms with Crippen LogP contribution in [0.25, 0.3) is 11.1 Å². The van der Waals surface area contributed by atoms with Gasteiger partial charge in [-0.3, -0.25) is 0 Å². The van der Waals surface area contributed by atoms with E-state index in [9.17, 15) is 0 Å². The molecule has 1 atom stereocenters. The van der Waals surface area contributed by atoms with Crippen molar-refractivity contribution in [1.29, 1.82) is 0 Å². The Bertz CT molecular complexity index is 520. The van der Waals surface area contributed by atoms with E-state index in [4.69, 9.17) is 5.73 Å². The van der Waals surface area contributed by atoms with Crippen LogP contribution in [0.15, 0.2) is 54.6 Å². The lowest BCUT2D eigenvalue weighted by molar-refractivity contribution is 0.306. The number of aryl methyl sites for hydroxylation is 1. The van der Waals surface area contributed by atoms with Crippen LogP contribution in [-0.4, -0.2) is 6.04 Å². The molecule has 1 unspecified atom stereocenters. The molecule has 1 nitrogen and oxygen atoms in total. The van der Waals surface area contributed by atoms with Gasteiger partial charge in [0, 0.05) is 6.04 Å². The Labute approximate surface area is 122 Å². The maximum absolute atomic E-state index is 6.22. The summed E-state index contributed by atoms with van der Waals surface area (Å²) in [5.74, 6) is 0. The summed E-state index contributed by atoms with van der Waals surface area (Å²) in [5, 5.41) is 0. The molecule has 2 aromatic carbocycles. The van der Waals surface area contributed by atoms with Gasteiger partial charge in [-0.05, 0) is 34.9 Å². The lowest BCUT2D eigenvalue weighted by Crippen LogP contribution is -2.35. The quantitative estimate of drug-likeness (QED) is 0.856. The number of hydrogen-bond acceptors (Lipinski definition) is 1. The number of benzene rings is 2. The fraction of sp³-hybridized carbons (Fsp3) is 0.368. The second-order valence-electron chi connectivity index (χ2n) is 6.57. The number of hydrogen-bond donors (Lipinski definition) is 1. The number of rotatable bonds is 4. The second kappa shape index (κ2) is 6.23. The lowest BCUT2D eigenvalue weighted by Gasteiger charge is -2.27. The smallest absolute Gasteiger partial charge is 0.00908 e. The average Bonchev–Trinajstić information content (AvgIpc) is 2.45. The summed E-state index contributed by atoms with van der Waals surface area (Å²) in [4.78, 5) is 0. The Hall–Kier alpha value is -1.60. The molecule has 0 bridgehead atoms. The van der Waals surface area contributed by atoms with Crippen molar-refractivity contribution in [1.82, 2.24) is 0 Å². The van der Waals surface area contributed by atoms with Crippen LogP contribution >= 0.6 is 0 Å². The molecule has 0 aromatic heterocycles. The van der Waals surface area contributed by atoms with E-state index in [2.05, 4.69) is 69.3 Å². The van der Waals surface area contributed by atoms with Gasteiger partial charge in [-0.25, -0.2) is 0 Å². The van der Waals surface area contributed by atoms with Crippen LogP contribution in [-0.2, 0) is 6.42 Å². The van der Waals surface area contributed by atoms with Gasteiger partial charge in [0.2, 0.25) is 0 Å². The molecule has 0 aliphatic rings. The Morgan fingerprint density at radius 2 is 1.40 bits per heavy atom. The molecule has 0 aliphatic carbocycles. The topological polar surface area (TPSA) is 26.0 Å². The van der Waals surface area contributed by atoms with Gasteiger partial charge in [0.25, 0.3) is 0 Å². The van der Waals surface area contributed by atoms with Crippen molar-refractivity contribution in [3.63, 3.8) is 0 Å². The fourth-order valence-corrected chi connectivity index (χ4v) is 2.25. The van der Waals surface area contributed by atoms with Crippen LogP contribution in [0.3, 0.4) is 0 Å². The first-order valence-electron chi connectivity index (χ1n) is 7.37. The molecule has 2 aromatic rings. The molecule has 0 amide bonds. The van der Waals surface area contributed by atoms with Crippen LogP contribution in [0.5, 0.6) is 0 Å². The molecule has 0 saturated heterocycles. The highest BCUT2D eigenvalue weighted by Crippen LogP contribution is 2.23. The lowest BCUT2D eigenvalue weighted by atomic mass is 9.84. The van der Waals surface area contributed by atoms with E-state index in [0.29, 0.717) is 0 Å². The molecule has 0 aliphatic heterocycles. The fourth-order valence-electron chi connectivity index (χ4n) is 2.25. The monoisotopic (exact) mass is 267 g/mol. The first kappa shape index (κ1) is 14.8. The van der Waals surface area contributed by atoms with Crippen molar-refractivity contribution in [2.45, 2.75) is 39.7 Å². The molecule has 20 heavy (non-hydrogen) atoms. The minimum Gasteiger partial charge on any atom is -0.327 e. The zero-order valence-electron chi connectivity index (χ0n) is 12.8. The van der Waals surface area contributed by atoms with E-state index in [1.165, 1.54) is 16.7 Å². The van der Waals surface area contributed by atoms with E-state index in [1.807, 2.05) is 6.07 Å². The molecular weight excluding hydrogens is 242 g/mol. The molecule has 2 N–H and O–H groups in total. The molecule has 0 radical (unpaired) electrons. The molecule has 1 heteroatoms. The largest absolute Gasteiger partial charge is 0.327 e. The summed E-state index contributed by atoms with van der Waals surface area (Å²) >= 11 is 0. The molecule has 0 fully saturated rings. The summed E-state index contributed by atoms with van der Waals surface area (Å²) in [6, 6.07) is 19.6. The van der Waals surface area contributed by atoms with Crippen molar-refractivity contribution in [3.05, 3.63) is 60.2 Å². The predicted molar refractivity (Wildman–Crippen MR) is 87.6 cm³/mol. The highest BCUT2D eigenvalue weighted by atomic mass is 14.7. The summed E-state index contributed by atoms with van der Waals surface area (Å²) in [6.45, 7) is 6.61. The molecular formula is C19H25N. The van der Waals surface area contributed by atoms with Crippen LogP contribution in [0, 0.1) is 5.41 Å². The van der Waals surface area contributed by atoms with Crippen molar-refractivity contribution in [3.8, 4) is 11.1 Å². The summed E-state index contributed by atoms with van der Waals surface area (Å²) in [7, 11) is 0. The molecule has 106 valence electrons. The minimum absolute atomic E-state index is 0.185. The van der Waals surface area contributed by atoms with Gasteiger partial charge in [0.15, 0.2) is 0 Å². The highest BCUT2D eigenvalue weighted by Gasteiger charge is 2.19. The van der Waals surface area contributed by atoms with E-state index in [-0.39, 0.29) is 11.5 Å². The van der Waals surface area contributed by atoms with Crippen LogP contribution in [0.4, 0.5) is 0 Å². The van der Waals surface area contributed by atoms with Gasteiger partial charge in [0.05, 0.1) is 0 Å². The summed E-state index contributed by atoms with van der Waals surface area (Å²) in [6.07, 6.45) is 2.09. The maximum atomic E-state index is 6.22. The molecule has 0 saturated carbocycles. The van der Waals surface area contributed by atoms with Crippen molar-refractivity contribution in [2.75, 3.05) is 0 Å². The van der Waals surface area contributed by atoms with Gasteiger partial charge in [-0.15, -0.1) is 0 Å². The van der Waals surface area contributed by atoms with E-state index < -0.39 is 0 Å². The van der Waals surface area contributed by atoms with Gasteiger partial charge < -0.3 is 5.73 Å². The Morgan fingerprint density at radius 3 is 1.95 bits per heavy atom. The molecule has 0 heterocycles. The van der Waals surface area contributed by atoms with E-state index >= 15 is 0 Å². The third-order valence-electron chi connectivity index (χ3n) is 3.92.